The summed E-state index contributed by atoms with van der Waals surface area (Å²) in [6.07, 6.45) is 2.81. The van der Waals surface area contributed by atoms with Gasteiger partial charge in [0.15, 0.2) is 11.5 Å². The van der Waals surface area contributed by atoms with Gasteiger partial charge in [-0.25, -0.2) is 9.79 Å². The number of carbonyl (C=O) groups excluding carboxylic acids is 1. The number of nitrogens with zero attached hydrogens (tertiary/aromatic N) is 1. The van der Waals surface area contributed by atoms with Crippen LogP contribution in [0.3, 0.4) is 0 Å². The third kappa shape index (κ3) is 2.14. The molecule has 0 unspecified atom stereocenters. The number of carbonyl (C=O) groups is 1. The maximum Gasteiger partial charge on any atom is 0.363 e. The van der Waals surface area contributed by atoms with Crippen LogP contribution in [-0.4, -0.2) is 22.1 Å². The molecule has 6 nitrogen and oxygen atoms in total. The molecular formula is C14H9NO5. The topological polar surface area (TPSA) is 92.3 Å². The normalized spacial score (nSPS) is 16.3. The van der Waals surface area contributed by atoms with Crippen molar-refractivity contribution in [2.75, 3.05) is 0 Å². The summed E-state index contributed by atoms with van der Waals surface area (Å²) in [7, 11) is 0. The van der Waals surface area contributed by atoms with Gasteiger partial charge in [0.25, 0.3) is 5.90 Å². The van der Waals surface area contributed by atoms with Crippen molar-refractivity contribution in [2.24, 2.45) is 4.99 Å². The molecule has 2 heterocycles. The van der Waals surface area contributed by atoms with Crippen LogP contribution >= 0.6 is 0 Å². The van der Waals surface area contributed by atoms with Gasteiger partial charge in [-0.3, -0.25) is 0 Å². The minimum absolute atomic E-state index is 0.0392. The Hall–Kier alpha value is -3.02. The van der Waals surface area contributed by atoms with Crippen molar-refractivity contribution < 1.29 is 24.2 Å². The van der Waals surface area contributed by atoms with E-state index in [-0.39, 0.29) is 23.1 Å². The largest absolute Gasteiger partial charge is 0.508 e. The Kier molecular flexibility index (Phi) is 2.76. The van der Waals surface area contributed by atoms with Crippen LogP contribution in [0.5, 0.6) is 11.5 Å². The van der Waals surface area contributed by atoms with Crippen LogP contribution in [0, 0.1) is 0 Å². The fourth-order valence-electron chi connectivity index (χ4n) is 1.72. The third-order valence-corrected chi connectivity index (χ3v) is 2.66. The van der Waals surface area contributed by atoms with E-state index < -0.39 is 5.97 Å². The minimum Gasteiger partial charge on any atom is -0.508 e. The van der Waals surface area contributed by atoms with E-state index in [9.17, 15) is 15.0 Å². The Morgan fingerprint density at radius 3 is 2.75 bits per heavy atom. The second kappa shape index (κ2) is 4.58. The maximum atomic E-state index is 11.7. The SMILES string of the molecule is O=C1OC(c2ccco2)=N/C1=C\c1ccc(O)cc1O. The van der Waals surface area contributed by atoms with Crippen molar-refractivity contribution in [1.29, 1.82) is 0 Å². The summed E-state index contributed by atoms with van der Waals surface area (Å²) in [6.45, 7) is 0. The van der Waals surface area contributed by atoms with Crippen LogP contribution in [0.15, 0.2) is 51.7 Å². The lowest BCUT2D eigenvalue weighted by Crippen LogP contribution is -2.04. The summed E-state index contributed by atoms with van der Waals surface area (Å²) in [4.78, 5) is 15.7. The van der Waals surface area contributed by atoms with Gasteiger partial charge in [-0.2, -0.15) is 0 Å². The first-order valence-corrected chi connectivity index (χ1v) is 5.72. The standard InChI is InChI=1S/C14H9NO5/c16-9-4-3-8(11(17)7-9)6-10-14(18)20-13(15-10)12-2-1-5-19-12/h1-7,16-17H/b10-6-. The van der Waals surface area contributed by atoms with Crippen molar-refractivity contribution in [3.05, 3.63) is 53.6 Å². The second-order valence-corrected chi connectivity index (χ2v) is 4.06. The number of furan rings is 1. The summed E-state index contributed by atoms with van der Waals surface area (Å²) in [5.74, 6) is -0.449. The molecule has 0 atom stereocenters. The van der Waals surface area contributed by atoms with Crippen molar-refractivity contribution >= 4 is 17.9 Å². The molecule has 1 aromatic heterocycles. The average molecular weight is 271 g/mol. The minimum atomic E-state index is -0.635. The van der Waals surface area contributed by atoms with E-state index in [1.807, 2.05) is 0 Å². The van der Waals surface area contributed by atoms with Gasteiger partial charge in [-0.05, 0) is 30.3 Å². The van der Waals surface area contributed by atoms with Gasteiger partial charge in [-0.15, -0.1) is 0 Å². The molecule has 0 fully saturated rings. The first kappa shape index (κ1) is 12.0. The molecule has 6 heteroatoms. The molecule has 1 aliphatic heterocycles. The lowest BCUT2D eigenvalue weighted by atomic mass is 10.1. The number of hydrogen-bond acceptors (Lipinski definition) is 6. The molecule has 20 heavy (non-hydrogen) atoms. The Morgan fingerprint density at radius 2 is 2.05 bits per heavy atom. The van der Waals surface area contributed by atoms with Crippen LogP contribution in [0.25, 0.3) is 6.08 Å². The zero-order valence-corrected chi connectivity index (χ0v) is 10.1. The van der Waals surface area contributed by atoms with Crippen LogP contribution in [0.4, 0.5) is 0 Å². The molecule has 2 N–H and O–H groups in total. The van der Waals surface area contributed by atoms with Crippen molar-refractivity contribution in [3.8, 4) is 11.5 Å². The summed E-state index contributed by atoms with van der Waals surface area (Å²) in [5.41, 5.74) is 0.386. The highest BCUT2D eigenvalue weighted by molar-refractivity contribution is 6.11. The number of phenolic OH excluding ortho intramolecular Hbond substituents is 2. The van der Waals surface area contributed by atoms with Crippen LogP contribution < -0.4 is 0 Å². The van der Waals surface area contributed by atoms with Gasteiger partial charge in [0.2, 0.25) is 0 Å². The number of aliphatic imine (C=N–C) groups is 1. The number of aromatic hydroxyl groups is 2. The van der Waals surface area contributed by atoms with E-state index in [0.717, 1.165) is 0 Å². The number of hydrogen-bond donors (Lipinski definition) is 2. The summed E-state index contributed by atoms with van der Waals surface area (Å²) < 4.78 is 10.1. The summed E-state index contributed by atoms with van der Waals surface area (Å²) in [5, 5.41) is 18.9. The molecule has 3 rings (SSSR count). The Morgan fingerprint density at radius 1 is 1.20 bits per heavy atom. The highest BCUT2D eigenvalue weighted by Crippen LogP contribution is 2.26. The number of ether oxygens (including phenoxy) is 1. The zero-order chi connectivity index (χ0) is 14.1. The molecule has 0 amide bonds. The molecular weight excluding hydrogens is 262 g/mol. The average Bonchev–Trinajstić information content (AvgIpc) is 3.03. The number of benzene rings is 1. The number of phenols is 2. The molecule has 0 aliphatic carbocycles. The first-order valence-electron chi connectivity index (χ1n) is 5.72. The Balaban J connectivity index is 1.97. The molecule has 0 bridgehead atoms. The number of esters is 1. The summed E-state index contributed by atoms with van der Waals surface area (Å²) >= 11 is 0. The van der Waals surface area contributed by atoms with Gasteiger partial charge >= 0.3 is 5.97 Å². The van der Waals surface area contributed by atoms with Crippen LogP contribution in [-0.2, 0) is 9.53 Å². The van der Waals surface area contributed by atoms with E-state index in [2.05, 4.69) is 4.99 Å². The Labute approximate surface area is 113 Å². The van der Waals surface area contributed by atoms with Gasteiger partial charge in [0.05, 0.1) is 6.26 Å². The third-order valence-electron chi connectivity index (χ3n) is 2.66. The quantitative estimate of drug-likeness (QED) is 0.644. The lowest BCUT2D eigenvalue weighted by Gasteiger charge is -1.99. The van der Waals surface area contributed by atoms with E-state index in [1.54, 1.807) is 12.1 Å². The van der Waals surface area contributed by atoms with Gasteiger partial charge in [0.1, 0.15) is 11.5 Å². The van der Waals surface area contributed by atoms with Gasteiger partial charge in [0, 0.05) is 11.6 Å². The van der Waals surface area contributed by atoms with Crippen molar-refractivity contribution in [3.63, 3.8) is 0 Å². The maximum absolute atomic E-state index is 11.7. The highest BCUT2D eigenvalue weighted by atomic mass is 16.6. The van der Waals surface area contributed by atoms with E-state index in [0.29, 0.717) is 11.3 Å². The first-order chi connectivity index (χ1) is 9.63. The molecule has 1 aliphatic rings. The van der Waals surface area contributed by atoms with Gasteiger partial charge in [-0.1, -0.05) is 0 Å². The molecule has 0 saturated heterocycles. The molecule has 0 saturated carbocycles. The van der Waals surface area contributed by atoms with Crippen molar-refractivity contribution in [2.45, 2.75) is 0 Å². The number of cyclic esters (lactones) is 1. The monoisotopic (exact) mass is 271 g/mol. The molecule has 2 aromatic rings. The fourth-order valence-corrected chi connectivity index (χ4v) is 1.72. The van der Waals surface area contributed by atoms with Crippen LogP contribution in [0.2, 0.25) is 0 Å². The van der Waals surface area contributed by atoms with E-state index >= 15 is 0 Å². The molecule has 0 radical (unpaired) electrons. The fraction of sp³-hybridized carbons (Fsp3) is 0. The van der Waals surface area contributed by atoms with E-state index in [4.69, 9.17) is 9.15 Å². The molecule has 100 valence electrons. The molecule has 0 spiro atoms. The second-order valence-electron chi connectivity index (χ2n) is 4.06. The predicted molar refractivity (Wildman–Crippen MR) is 69.1 cm³/mol. The Bertz CT molecular complexity index is 728. The van der Waals surface area contributed by atoms with Crippen molar-refractivity contribution in [1.82, 2.24) is 0 Å². The van der Waals surface area contributed by atoms with E-state index in [1.165, 1.54) is 30.5 Å². The predicted octanol–water partition coefficient (Wildman–Crippen LogP) is 2.04. The zero-order valence-electron chi connectivity index (χ0n) is 10.1. The summed E-state index contributed by atoms with van der Waals surface area (Å²) in [6, 6.07) is 7.30. The smallest absolute Gasteiger partial charge is 0.363 e. The lowest BCUT2D eigenvalue weighted by molar-refractivity contribution is -0.130. The van der Waals surface area contributed by atoms with Crippen LogP contribution in [0.1, 0.15) is 11.3 Å². The molecule has 1 aromatic carbocycles. The number of rotatable bonds is 2. The highest BCUT2D eigenvalue weighted by Gasteiger charge is 2.26. The van der Waals surface area contributed by atoms with Gasteiger partial charge < -0.3 is 19.4 Å².